The van der Waals surface area contributed by atoms with Gasteiger partial charge in [-0.1, -0.05) is 30.3 Å². The maximum absolute atomic E-state index is 11.2. The van der Waals surface area contributed by atoms with Gasteiger partial charge in [-0.05, 0) is 24.1 Å². The van der Waals surface area contributed by atoms with Crippen LogP contribution in [0, 0.1) is 16.0 Å². The average molecular weight is 327 g/mol. The molecule has 2 N–H and O–H groups in total. The Kier molecular flexibility index (Phi) is 4.96. The zero-order chi connectivity index (χ0) is 16.9. The molecule has 2 aromatic carbocycles. The predicted molar refractivity (Wildman–Crippen MR) is 93.9 cm³/mol. The molecule has 0 spiro atoms. The summed E-state index contributed by atoms with van der Waals surface area (Å²) in [7, 11) is 0. The number of anilines is 2. The van der Waals surface area contributed by atoms with Gasteiger partial charge in [-0.2, -0.15) is 0 Å². The van der Waals surface area contributed by atoms with Crippen molar-refractivity contribution in [3.8, 4) is 0 Å². The summed E-state index contributed by atoms with van der Waals surface area (Å²) in [5.74, 6) is 0.370. The molecule has 0 radical (unpaired) electrons. The third-order valence-corrected chi connectivity index (χ3v) is 4.29. The van der Waals surface area contributed by atoms with Crippen LogP contribution in [0.2, 0.25) is 0 Å². The average Bonchev–Trinajstić information content (AvgIpc) is 3.04. The van der Waals surface area contributed by atoms with E-state index in [0.29, 0.717) is 30.5 Å². The summed E-state index contributed by atoms with van der Waals surface area (Å²) in [6, 6.07) is 14.8. The molecule has 24 heavy (non-hydrogen) atoms. The van der Waals surface area contributed by atoms with E-state index in [0.717, 1.165) is 25.1 Å². The quantitative estimate of drug-likeness (QED) is 0.500. The molecule has 0 unspecified atom stereocenters. The van der Waals surface area contributed by atoms with Crippen LogP contribution in [0.25, 0.3) is 0 Å². The highest BCUT2D eigenvalue weighted by atomic mass is 16.6. The molecule has 126 valence electrons. The Morgan fingerprint density at radius 1 is 1.25 bits per heavy atom. The molecule has 1 fully saturated rings. The number of rotatable bonds is 6. The fourth-order valence-electron chi connectivity index (χ4n) is 3.05. The van der Waals surface area contributed by atoms with Crippen molar-refractivity contribution in [3.05, 3.63) is 64.2 Å². The summed E-state index contributed by atoms with van der Waals surface area (Å²) in [6.45, 7) is 2.78. The summed E-state index contributed by atoms with van der Waals surface area (Å²) in [4.78, 5) is 12.9. The first-order chi connectivity index (χ1) is 11.6. The van der Waals surface area contributed by atoms with Gasteiger partial charge in [0.15, 0.2) is 0 Å². The minimum absolute atomic E-state index is 0.107. The van der Waals surface area contributed by atoms with Gasteiger partial charge in [-0.3, -0.25) is 10.1 Å². The highest BCUT2D eigenvalue weighted by Gasteiger charge is 2.27. The van der Waals surface area contributed by atoms with Gasteiger partial charge in [-0.15, -0.1) is 0 Å². The zero-order valence-electron chi connectivity index (χ0n) is 13.4. The molecular formula is C18H21N3O3. The summed E-state index contributed by atoms with van der Waals surface area (Å²) in [5.41, 5.74) is 8.20. The molecular weight excluding hydrogens is 306 g/mol. The Morgan fingerprint density at radius 3 is 2.79 bits per heavy atom. The number of hydrogen-bond donors (Lipinski definition) is 1. The lowest BCUT2D eigenvalue weighted by atomic mass is 10.1. The number of nitrogen functional groups attached to an aromatic ring is 1. The molecule has 6 nitrogen and oxygen atoms in total. The molecule has 1 atom stereocenters. The SMILES string of the molecule is Nc1ccc([N+](=O)[O-])c(N2CC[C@H](COCc3ccccc3)C2)c1. The number of nitro benzene ring substituents is 1. The number of nitro groups is 1. The number of nitrogens with zero attached hydrogens (tertiary/aromatic N) is 2. The molecule has 6 heteroatoms. The highest BCUT2D eigenvalue weighted by molar-refractivity contribution is 5.69. The van der Waals surface area contributed by atoms with Gasteiger partial charge in [-0.25, -0.2) is 0 Å². The van der Waals surface area contributed by atoms with Gasteiger partial charge >= 0.3 is 0 Å². The summed E-state index contributed by atoms with van der Waals surface area (Å²) in [6.07, 6.45) is 0.959. The number of nitrogens with two attached hydrogens (primary N) is 1. The first-order valence-electron chi connectivity index (χ1n) is 8.04. The van der Waals surface area contributed by atoms with Crippen LogP contribution >= 0.6 is 0 Å². The Balaban J connectivity index is 1.57. The topological polar surface area (TPSA) is 81.6 Å². The third-order valence-electron chi connectivity index (χ3n) is 4.29. The van der Waals surface area contributed by atoms with Crippen LogP contribution in [-0.2, 0) is 11.3 Å². The van der Waals surface area contributed by atoms with E-state index in [9.17, 15) is 10.1 Å². The minimum Gasteiger partial charge on any atom is -0.399 e. The second-order valence-electron chi connectivity index (χ2n) is 6.11. The van der Waals surface area contributed by atoms with Crippen LogP contribution in [0.1, 0.15) is 12.0 Å². The second kappa shape index (κ2) is 7.31. The van der Waals surface area contributed by atoms with E-state index in [1.807, 2.05) is 35.2 Å². The summed E-state index contributed by atoms with van der Waals surface area (Å²) >= 11 is 0. The van der Waals surface area contributed by atoms with E-state index in [1.165, 1.54) is 6.07 Å². The molecule has 1 saturated heterocycles. The van der Waals surface area contributed by atoms with Crippen molar-refractivity contribution in [2.24, 2.45) is 5.92 Å². The second-order valence-corrected chi connectivity index (χ2v) is 6.11. The molecule has 3 rings (SSSR count). The van der Waals surface area contributed by atoms with Gasteiger partial charge in [0.1, 0.15) is 5.69 Å². The van der Waals surface area contributed by atoms with E-state index in [2.05, 4.69) is 0 Å². The van der Waals surface area contributed by atoms with Crippen LogP contribution in [0.3, 0.4) is 0 Å². The minimum atomic E-state index is -0.353. The van der Waals surface area contributed by atoms with Crippen molar-refractivity contribution in [3.63, 3.8) is 0 Å². The van der Waals surface area contributed by atoms with Crippen molar-refractivity contribution in [1.29, 1.82) is 0 Å². The van der Waals surface area contributed by atoms with E-state index in [4.69, 9.17) is 10.5 Å². The molecule has 1 aliphatic rings. The maximum atomic E-state index is 11.2. The van der Waals surface area contributed by atoms with Crippen LogP contribution in [0.5, 0.6) is 0 Å². The van der Waals surface area contributed by atoms with E-state index < -0.39 is 0 Å². The smallest absolute Gasteiger partial charge is 0.292 e. The molecule has 0 bridgehead atoms. The number of benzene rings is 2. The largest absolute Gasteiger partial charge is 0.399 e. The fourth-order valence-corrected chi connectivity index (χ4v) is 3.05. The first-order valence-corrected chi connectivity index (χ1v) is 8.04. The fraction of sp³-hybridized carbons (Fsp3) is 0.333. The lowest BCUT2D eigenvalue weighted by Gasteiger charge is -2.19. The van der Waals surface area contributed by atoms with Crippen molar-refractivity contribution in [2.75, 3.05) is 30.3 Å². The molecule has 0 aromatic heterocycles. The van der Waals surface area contributed by atoms with Crippen molar-refractivity contribution in [2.45, 2.75) is 13.0 Å². The van der Waals surface area contributed by atoms with Crippen LogP contribution in [-0.4, -0.2) is 24.6 Å². The predicted octanol–water partition coefficient (Wildman–Crippen LogP) is 3.22. The molecule has 0 amide bonds. The molecule has 0 saturated carbocycles. The van der Waals surface area contributed by atoms with Gasteiger partial charge in [0.05, 0.1) is 18.1 Å². The standard InChI is InChI=1S/C18H21N3O3/c19-16-6-7-17(21(22)23)18(10-16)20-9-8-15(11-20)13-24-12-14-4-2-1-3-5-14/h1-7,10,15H,8-9,11-13,19H2/t15-/m0/s1. The lowest BCUT2D eigenvalue weighted by Crippen LogP contribution is -2.22. The Bertz CT molecular complexity index is 706. The zero-order valence-corrected chi connectivity index (χ0v) is 13.4. The summed E-state index contributed by atoms with van der Waals surface area (Å²) in [5, 5.41) is 11.2. The maximum Gasteiger partial charge on any atom is 0.292 e. The Morgan fingerprint density at radius 2 is 2.04 bits per heavy atom. The number of ether oxygens (including phenoxy) is 1. The van der Waals surface area contributed by atoms with Crippen LogP contribution < -0.4 is 10.6 Å². The Hall–Kier alpha value is -2.60. The van der Waals surface area contributed by atoms with Gasteiger partial charge < -0.3 is 15.4 Å². The van der Waals surface area contributed by atoms with Crippen LogP contribution in [0.15, 0.2) is 48.5 Å². The lowest BCUT2D eigenvalue weighted by molar-refractivity contribution is -0.384. The molecule has 0 aliphatic carbocycles. The summed E-state index contributed by atoms with van der Waals surface area (Å²) < 4.78 is 5.80. The van der Waals surface area contributed by atoms with Gasteiger partial charge in [0.25, 0.3) is 5.69 Å². The Labute approximate surface area is 141 Å². The van der Waals surface area contributed by atoms with Crippen LogP contribution in [0.4, 0.5) is 17.1 Å². The van der Waals surface area contributed by atoms with Crippen molar-refractivity contribution >= 4 is 17.1 Å². The van der Waals surface area contributed by atoms with E-state index in [1.54, 1.807) is 12.1 Å². The third kappa shape index (κ3) is 3.83. The van der Waals surface area contributed by atoms with Crippen molar-refractivity contribution in [1.82, 2.24) is 0 Å². The monoisotopic (exact) mass is 327 g/mol. The molecule has 2 aromatic rings. The van der Waals surface area contributed by atoms with E-state index >= 15 is 0 Å². The van der Waals surface area contributed by atoms with E-state index in [-0.39, 0.29) is 10.6 Å². The van der Waals surface area contributed by atoms with Gasteiger partial charge in [0, 0.05) is 30.8 Å². The number of hydrogen-bond acceptors (Lipinski definition) is 5. The highest BCUT2D eigenvalue weighted by Crippen LogP contribution is 2.33. The molecule has 1 heterocycles. The normalized spacial score (nSPS) is 17.2. The first kappa shape index (κ1) is 16.3. The van der Waals surface area contributed by atoms with Crippen molar-refractivity contribution < 1.29 is 9.66 Å². The van der Waals surface area contributed by atoms with Gasteiger partial charge in [0.2, 0.25) is 0 Å². The molecule has 1 aliphatic heterocycles.